The molecule has 3 aromatic rings. The van der Waals surface area contributed by atoms with Gasteiger partial charge < -0.3 is 9.64 Å². The number of hydrogen-bond acceptors (Lipinski definition) is 4. The monoisotopic (exact) mass is 542 g/mol. The summed E-state index contributed by atoms with van der Waals surface area (Å²) in [6.07, 6.45) is 8.30. The van der Waals surface area contributed by atoms with Crippen molar-refractivity contribution < 1.29 is 9.53 Å². The molecule has 1 aromatic carbocycles. The number of allylic oxidation sites excluding steroid dienone is 1. The van der Waals surface area contributed by atoms with E-state index >= 15 is 0 Å². The van der Waals surface area contributed by atoms with Crippen LogP contribution in [-0.2, 0) is 4.74 Å². The number of fused-ring (bicyclic) bond motifs is 1. The fourth-order valence-electron chi connectivity index (χ4n) is 4.92. The van der Waals surface area contributed by atoms with Crippen molar-refractivity contribution in [1.82, 2.24) is 19.4 Å². The summed E-state index contributed by atoms with van der Waals surface area (Å²) < 4.78 is 7.41. The van der Waals surface area contributed by atoms with Gasteiger partial charge in [-0.3, -0.25) is 9.69 Å². The minimum atomic E-state index is 0.0978. The molecule has 0 unspecified atom stereocenters. The second-order valence-electron chi connectivity index (χ2n) is 11.8. The molecule has 0 saturated carbocycles. The maximum Gasteiger partial charge on any atom is 0.253 e. The van der Waals surface area contributed by atoms with E-state index < -0.39 is 0 Å². The van der Waals surface area contributed by atoms with Crippen molar-refractivity contribution in [3.05, 3.63) is 71.9 Å². The molecule has 3 heterocycles. The normalized spacial score (nSPS) is 14.6. The van der Waals surface area contributed by atoms with E-state index in [2.05, 4.69) is 75.6 Å². The van der Waals surface area contributed by atoms with E-state index in [0.29, 0.717) is 17.4 Å². The number of rotatable bonds is 12. The number of nitrogens with zero attached hydrogens (tertiary/aromatic N) is 4. The maximum absolute atomic E-state index is 13.8. The second-order valence-corrected chi connectivity index (χ2v) is 11.8. The Morgan fingerprint density at radius 1 is 1.02 bits per heavy atom. The molecule has 1 aliphatic heterocycles. The Morgan fingerprint density at radius 2 is 1.68 bits per heavy atom. The average Bonchev–Trinajstić information content (AvgIpc) is 3.31. The summed E-state index contributed by atoms with van der Waals surface area (Å²) in [5.74, 6) is 1.20. The minimum Gasteiger partial charge on any atom is -0.379 e. The first-order valence-electron chi connectivity index (χ1n) is 14.8. The molecule has 6 nitrogen and oxygen atoms in total. The molecule has 1 fully saturated rings. The van der Waals surface area contributed by atoms with E-state index in [0.717, 1.165) is 92.3 Å². The highest BCUT2D eigenvalue weighted by Gasteiger charge is 2.20. The average molecular weight is 543 g/mol. The van der Waals surface area contributed by atoms with Crippen molar-refractivity contribution in [2.45, 2.75) is 47.5 Å². The first-order chi connectivity index (χ1) is 19.2. The van der Waals surface area contributed by atoms with Gasteiger partial charge in [0.05, 0.1) is 18.7 Å². The molecule has 4 rings (SSSR count). The Hall–Kier alpha value is -3.22. The summed E-state index contributed by atoms with van der Waals surface area (Å²) in [7, 11) is 0. The van der Waals surface area contributed by atoms with Crippen LogP contribution in [0.1, 0.15) is 68.9 Å². The van der Waals surface area contributed by atoms with Crippen molar-refractivity contribution in [2.24, 2.45) is 11.8 Å². The zero-order valence-corrected chi connectivity index (χ0v) is 25.0. The van der Waals surface area contributed by atoms with Gasteiger partial charge in [0.1, 0.15) is 5.69 Å². The van der Waals surface area contributed by atoms with Gasteiger partial charge in [-0.25, -0.2) is 4.52 Å². The number of carbonyl (C=O) groups is 1. The van der Waals surface area contributed by atoms with Crippen LogP contribution in [-0.4, -0.2) is 71.3 Å². The van der Waals surface area contributed by atoms with Gasteiger partial charge >= 0.3 is 0 Å². The first kappa shape index (κ1) is 29.8. The Balaban J connectivity index is 1.70. The van der Waals surface area contributed by atoms with Gasteiger partial charge in [-0.2, -0.15) is 5.10 Å². The van der Waals surface area contributed by atoms with Crippen LogP contribution in [0.2, 0.25) is 0 Å². The largest absolute Gasteiger partial charge is 0.379 e. The molecule has 0 aliphatic carbocycles. The Bertz CT molecular complexity index is 1300. The Kier molecular flexibility index (Phi) is 10.3. The lowest BCUT2D eigenvalue weighted by Crippen LogP contribution is -2.36. The molecular weight excluding hydrogens is 496 g/mol. The maximum atomic E-state index is 13.8. The number of pyridine rings is 1. The van der Waals surface area contributed by atoms with Crippen LogP contribution in [0, 0.1) is 11.8 Å². The topological polar surface area (TPSA) is 50.1 Å². The SMILES string of the molecule is C=C(C)c1ccc(-c2nn3ccc(C(=O)N(CCC(C)C)CCC(C)C)cc3c2/C=C/CN2CCOCC2)cc1. The molecule has 0 radical (unpaired) electrons. The summed E-state index contributed by atoms with van der Waals surface area (Å²) in [6.45, 7) is 20.8. The molecule has 40 heavy (non-hydrogen) atoms. The lowest BCUT2D eigenvalue weighted by atomic mass is 10.0. The van der Waals surface area contributed by atoms with Gasteiger partial charge in [-0.1, -0.05) is 76.3 Å². The number of ether oxygens (including phenoxy) is 1. The van der Waals surface area contributed by atoms with E-state index in [1.165, 1.54) is 0 Å². The molecule has 0 bridgehead atoms. The summed E-state index contributed by atoms with van der Waals surface area (Å²) >= 11 is 0. The van der Waals surface area contributed by atoms with E-state index in [1.54, 1.807) is 0 Å². The highest BCUT2D eigenvalue weighted by atomic mass is 16.5. The van der Waals surface area contributed by atoms with Crippen LogP contribution in [0.25, 0.3) is 28.4 Å². The summed E-state index contributed by atoms with van der Waals surface area (Å²) in [6, 6.07) is 12.3. The van der Waals surface area contributed by atoms with Gasteiger partial charge in [-0.05, 0) is 49.3 Å². The molecule has 1 aliphatic rings. The Morgan fingerprint density at radius 3 is 2.27 bits per heavy atom. The quantitative estimate of drug-likeness (QED) is 0.249. The molecule has 1 amide bonds. The zero-order chi connectivity index (χ0) is 28.6. The standard InChI is InChI=1S/C34H46N4O2/c1-25(2)13-17-37(18-14-26(3)4)34(39)30-15-19-38-32(24-30)31(8-7-16-36-20-22-40-23-21-36)33(35-38)29-11-9-28(10-12-29)27(5)6/h7-12,15,19,24-26H,5,13-14,16-18,20-23H2,1-4,6H3/b8-7+. The van der Waals surface area contributed by atoms with Gasteiger partial charge in [0.15, 0.2) is 0 Å². The highest BCUT2D eigenvalue weighted by molar-refractivity contribution is 5.96. The van der Waals surface area contributed by atoms with Gasteiger partial charge in [0.2, 0.25) is 0 Å². The third-order valence-electron chi connectivity index (χ3n) is 7.56. The highest BCUT2D eigenvalue weighted by Crippen LogP contribution is 2.29. The van der Waals surface area contributed by atoms with Gasteiger partial charge in [0.25, 0.3) is 5.91 Å². The lowest BCUT2D eigenvalue weighted by Gasteiger charge is -2.25. The number of morpholine rings is 1. The molecule has 1 saturated heterocycles. The number of carbonyl (C=O) groups excluding carboxylic acids is 1. The van der Waals surface area contributed by atoms with Crippen LogP contribution in [0.5, 0.6) is 0 Å². The lowest BCUT2D eigenvalue weighted by molar-refractivity contribution is 0.0435. The van der Waals surface area contributed by atoms with Crippen molar-refractivity contribution >= 4 is 23.1 Å². The summed E-state index contributed by atoms with van der Waals surface area (Å²) in [5.41, 5.74) is 6.79. The minimum absolute atomic E-state index is 0.0978. The molecule has 0 N–H and O–H groups in total. The van der Waals surface area contributed by atoms with E-state index in [1.807, 2.05) is 34.7 Å². The van der Waals surface area contributed by atoms with Crippen LogP contribution in [0.3, 0.4) is 0 Å². The predicted octanol–water partition coefficient (Wildman–Crippen LogP) is 6.91. The van der Waals surface area contributed by atoms with E-state index in [-0.39, 0.29) is 5.91 Å². The van der Waals surface area contributed by atoms with Crippen LogP contribution < -0.4 is 0 Å². The first-order valence-corrected chi connectivity index (χ1v) is 14.8. The molecule has 214 valence electrons. The fraction of sp³-hybridized carbons (Fsp3) is 0.471. The molecule has 6 heteroatoms. The number of aromatic nitrogens is 2. The van der Waals surface area contributed by atoms with E-state index in [9.17, 15) is 4.79 Å². The van der Waals surface area contributed by atoms with Crippen molar-refractivity contribution in [2.75, 3.05) is 45.9 Å². The third-order valence-corrected chi connectivity index (χ3v) is 7.56. The molecular formula is C34H46N4O2. The number of amides is 1. The van der Waals surface area contributed by atoms with Crippen LogP contribution in [0.15, 0.2) is 55.3 Å². The van der Waals surface area contributed by atoms with Crippen molar-refractivity contribution in [3.8, 4) is 11.3 Å². The fourth-order valence-corrected chi connectivity index (χ4v) is 4.92. The van der Waals surface area contributed by atoms with Crippen molar-refractivity contribution in [3.63, 3.8) is 0 Å². The Labute approximate surface area is 240 Å². The second kappa shape index (κ2) is 13.9. The summed E-state index contributed by atoms with van der Waals surface area (Å²) in [4.78, 5) is 18.2. The molecule has 0 atom stereocenters. The zero-order valence-electron chi connectivity index (χ0n) is 25.0. The van der Waals surface area contributed by atoms with Crippen LogP contribution >= 0.6 is 0 Å². The van der Waals surface area contributed by atoms with Gasteiger partial charge in [0, 0.05) is 55.6 Å². The third kappa shape index (κ3) is 7.70. The van der Waals surface area contributed by atoms with Crippen LogP contribution in [0.4, 0.5) is 0 Å². The van der Waals surface area contributed by atoms with Crippen molar-refractivity contribution in [1.29, 1.82) is 0 Å². The molecule has 2 aromatic heterocycles. The predicted molar refractivity (Wildman–Crippen MR) is 166 cm³/mol. The number of benzene rings is 1. The van der Waals surface area contributed by atoms with E-state index in [4.69, 9.17) is 9.84 Å². The molecule has 0 spiro atoms. The smallest absolute Gasteiger partial charge is 0.253 e. The summed E-state index contributed by atoms with van der Waals surface area (Å²) in [5, 5.41) is 4.97. The number of hydrogen-bond donors (Lipinski definition) is 0. The van der Waals surface area contributed by atoms with Gasteiger partial charge in [-0.15, -0.1) is 0 Å².